The van der Waals surface area contributed by atoms with Crippen molar-refractivity contribution in [2.24, 2.45) is 0 Å². The molecular weight excluding hydrogens is 299 g/mol. The van der Waals surface area contributed by atoms with Crippen LogP contribution in [0.25, 0.3) is 0 Å². The number of nitrogens with zero attached hydrogens (tertiary/aromatic N) is 2. The van der Waals surface area contributed by atoms with Gasteiger partial charge in [0.05, 0.1) is 11.6 Å². The third-order valence-corrected chi connectivity index (χ3v) is 5.00. The van der Waals surface area contributed by atoms with E-state index in [1.54, 1.807) is 13.8 Å². The van der Waals surface area contributed by atoms with Crippen LogP contribution in [-0.4, -0.2) is 42.0 Å². The maximum atomic E-state index is 12.3. The second-order valence-corrected chi connectivity index (χ2v) is 6.53. The van der Waals surface area contributed by atoms with E-state index in [0.717, 1.165) is 6.20 Å². The van der Waals surface area contributed by atoms with Gasteiger partial charge in [0.25, 0.3) is 0 Å². The normalized spacial score (nSPS) is 12.4. The van der Waals surface area contributed by atoms with Crippen LogP contribution >= 0.6 is 23.2 Å². The lowest BCUT2D eigenvalue weighted by Gasteiger charge is -2.24. The molecule has 102 valence electrons. The Hall–Kier alpha value is -0.400. The van der Waals surface area contributed by atoms with Gasteiger partial charge in [0, 0.05) is 18.8 Å². The molecule has 1 aromatic heterocycles. The Morgan fingerprint density at radius 3 is 2.50 bits per heavy atom. The zero-order valence-corrected chi connectivity index (χ0v) is 12.3. The third-order valence-electron chi connectivity index (χ3n) is 2.27. The zero-order chi connectivity index (χ0) is 13.9. The fourth-order valence-corrected chi connectivity index (χ4v) is 3.37. The number of pyridine rings is 1. The maximum Gasteiger partial charge on any atom is 0.244 e. The number of hydrogen-bond donors (Lipinski definition) is 1. The van der Waals surface area contributed by atoms with E-state index >= 15 is 0 Å². The molecule has 5 nitrogen and oxygen atoms in total. The highest BCUT2D eigenvalue weighted by Gasteiger charge is 2.27. The molecule has 0 radical (unpaired) electrons. The molecule has 0 aliphatic heterocycles. The van der Waals surface area contributed by atoms with Crippen LogP contribution in [0.2, 0.25) is 10.2 Å². The molecule has 0 unspecified atom stereocenters. The Balaban J connectivity index is 3.22. The van der Waals surface area contributed by atoms with Gasteiger partial charge < -0.3 is 5.11 Å². The van der Waals surface area contributed by atoms with Crippen LogP contribution in [0, 0.1) is 0 Å². The summed E-state index contributed by atoms with van der Waals surface area (Å²) in [6.45, 7) is 3.20. The Morgan fingerprint density at radius 1 is 1.44 bits per heavy atom. The van der Waals surface area contributed by atoms with E-state index < -0.39 is 10.0 Å². The number of aromatic nitrogens is 1. The van der Waals surface area contributed by atoms with E-state index in [4.69, 9.17) is 28.3 Å². The number of aliphatic hydroxyl groups is 1. The quantitative estimate of drug-likeness (QED) is 0.841. The van der Waals surface area contributed by atoms with Gasteiger partial charge in [-0.25, -0.2) is 13.4 Å². The molecule has 0 aliphatic carbocycles. The van der Waals surface area contributed by atoms with Gasteiger partial charge in [0.1, 0.15) is 10.0 Å². The summed E-state index contributed by atoms with van der Waals surface area (Å²) in [6, 6.07) is 0.968. The average Bonchev–Trinajstić information content (AvgIpc) is 2.28. The van der Waals surface area contributed by atoms with Crippen LogP contribution in [0.1, 0.15) is 13.8 Å². The van der Waals surface area contributed by atoms with E-state index in [1.807, 2.05) is 0 Å². The molecule has 1 heterocycles. The molecule has 0 amide bonds. The minimum absolute atomic E-state index is 0.0141. The van der Waals surface area contributed by atoms with Crippen LogP contribution < -0.4 is 0 Å². The van der Waals surface area contributed by atoms with Gasteiger partial charge in [-0.15, -0.1) is 0 Å². The van der Waals surface area contributed by atoms with Gasteiger partial charge in [-0.05, 0) is 19.9 Å². The number of halogens is 2. The first-order valence-corrected chi connectivity index (χ1v) is 7.44. The Morgan fingerprint density at radius 2 is 2.06 bits per heavy atom. The summed E-state index contributed by atoms with van der Waals surface area (Å²) < 4.78 is 25.8. The summed E-state index contributed by atoms with van der Waals surface area (Å²) in [5, 5.41) is 9.05. The lowest BCUT2D eigenvalue weighted by Crippen LogP contribution is -2.39. The van der Waals surface area contributed by atoms with E-state index in [2.05, 4.69) is 4.98 Å². The van der Waals surface area contributed by atoms with Crippen LogP contribution in [0.5, 0.6) is 0 Å². The lowest BCUT2D eigenvalue weighted by molar-refractivity contribution is 0.236. The first kappa shape index (κ1) is 15.7. The fourth-order valence-electron chi connectivity index (χ4n) is 1.43. The molecule has 1 aromatic rings. The highest BCUT2D eigenvalue weighted by Crippen LogP contribution is 2.24. The van der Waals surface area contributed by atoms with Gasteiger partial charge in [-0.3, -0.25) is 0 Å². The van der Waals surface area contributed by atoms with Crippen LogP contribution in [-0.2, 0) is 10.0 Å². The summed E-state index contributed by atoms with van der Waals surface area (Å²) in [4.78, 5) is 3.67. The molecule has 0 aliphatic rings. The number of sulfonamides is 1. The molecule has 0 spiro atoms. The summed E-state index contributed by atoms with van der Waals surface area (Å²) >= 11 is 11.4. The Labute approximate surface area is 116 Å². The van der Waals surface area contributed by atoms with Crippen LogP contribution in [0.15, 0.2) is 17.2 Å². The summed E-state index contributed by atoms with van der Waals surface area (Å²) in [5.41, 5.74) is 0. The molecule has 0 fully saturated rings. The monoisotopic (exact) mass is 312 g/mol. The highest BCUT2D eigenvalue weighted by atomic mass is 35.5. The summed E-state index contributed by atoms with van der Waals surface area (Å²) in [7, 11) is -3.73. The standard InChI is InChI=1S/C10H14Cl2N2O3S/c1-7(2)14(3-4-15)18(16,17)8-5-9(11)10(12)13-6-8/h5-7,15H,3-4H2,1-2H3. The van der Waals surface area contributed by atoms with E-state index in [9.17, 15) is 8.42 Å². The first-order chi connectivity index (χ1) is 8.30. The summed E-state index contributed by atoms with van der Waals surface area (Å²) in [5.74, 6) is 0. The van der Waals surface area contributed by atoms with Crippen molar-refractivity contribution in [2.45, 2.75) is 24.8 Å². The highest BCUT2D eigenvalue weighted by molar-refractivity contribution is 7.89. The van der Waals surface area contributed by atoms with E-state index in [-0.39, 0.29) is 34.3 Å². The van der Waals surface area contributed by atoms with Gasteiger partial charge in [0.2, 0.25) is 10.0 Å². The molecule has 0 saturated carbocycles. The fraction of sp³-hybridized carbons (Fsp3) is 0.500. The predicted molar refractivity (Wildman–Crippen MR) is 70.4 cm³/mol. The van der Waals surface area contributed by atoms with Gasteiger partial charge in [-0.1, -0.05) is 23.2 Å². The summed E-state index contributed by atoms with van der Waals surface area (Å²) in [6.07, 6.45) is 1.15. The molecule has 8 heteroatoms. The smallest absolute Gasteiger partial charge is 0.244 e. The topological polar surface area (TPSA) is 70.5 Å². The Bertz CT molecular complexity index is 520. The van der Waals surface area contributed by atoms with Crippen LogP contribution in [0.4, 0.5) is 0 Å². The minimum Gasteiger partial charge on any atom is -0.395 e. The van der Waals surface area contributed by atoms with Crippen molar-refractivity contribution in [3.8, 4) is 0 Å². The van der Waals surface area contributed by atoms with Crippen molar-refractivity contribution in [1.82, 2.24) is 9.29 Å². The molecule has 1 N–H and O–H groups in total. The van der Waals surface area contributed by atoms with Crippen molar-refractivity contribution in [2.75, 3.05) is 13.2 Å². The third kappa shape index (κ3) is 3.33. The van der Waals surface area contributed by atoms with E-state index in [0.29, 0.717) is 0 Å². The maximum absolute atomic E-state index is 12.3. The van der Waals surface area contributed by atoms with Crippen molar-refractivity contribution >= 4 is 33.2 Å². The minimum atomic E-state index is -3.73. The van der Waals surface area contributed by atoms with Crippen molar-refractivity contribution < 1.29 is 13.5 Å². The molecule has 1 rings (SSSR count). The SMILES string of the molecule is CC(C)N(CCO)S(=O)(=O)c1cnc(Cl)c(Cl)c1. The number of rotatable bonds is 5. The number of aliphatic hydroxyl groups excluding tert-OH is 1. The predicted octanol–water partition coefficient (Wildman–Crippen LogP) is 1.78. The van der Waals surface area contributed by atoms with Crippen molar-refractivity contribution in [3.05, 3.63) is 22.4 Å². The molecule has 18 heavy (non-hydrogen) atoms. The van der Waals surface area contributed by atoms with Gasteiger partial charge >= 0.3 is 0 Å². The molecule has 0 saturated heterocycles. The van der Waals surface area contributed by atoms with Crippen molar-refractivity contribution in [3.63, 3.8) is 0 Å². The second kappa shape index (κ2) is 6.16. The average molecular weight is 313 g/mol. The van der Waals surface area contributed by atoms with Gasteiger partial charge in [0.15, 0.2) is 0 Å². The largest absolute Gasteiger partial charge is 0.395 e. The van der Waals surface area contributed by atoms with E-state index in [1.165, 1.54) is 10.4 Å². The van der Waals surface area contributed by atoms with Crippen LogP contribution in [0.3, 0.4) is 0 Å². The van der Waals surface area contributed by atoms with Gasteiger partial charge in [-0.2, -0.15) is 4.31 Å². The second-order valence-electron chi connectivity index (χ2n) is 3.88. The zero-order valence-electron chi connectivity index (χ0n) is 9.97. The molecule has 0 atom stereocenters. The molecule has 0 bridgehead atoms. The number of hydrogen-bond acceptors (Lipinski definition) is 4. The molecule has 0 aromatic carbocycles. The Kier molecular flexibility index (Phi) is 5.36. The lowest BCUT2D eigenvalue weighted by atomic mass is 10.4. The molecular formula is C10H14Cl2N2O3S. The van der Waals surface area contributed by atoms with Crippen molar-refractivity contribution in [1.29, 1.82) is 0 Å². The first-order valence-electron chi connectivity index (χ1n) is 5.24.